The lowest BCUT2D eigenvalue weighted by Crippen LogP contribution is -2.46. The second kappa shape index (κ2) is 12.7. The van der Waals surface area contributed by atoms with Crippen molar-refractivity contribution in [2.24, 2.45) is 4.99 Å². The van der Waals surface area contributed by atoms with Gasteiger partial charge in [-0.25, -0.2) is 4.98 Å². The van der Waals surface area contributed by atoms with Crippen LogP contribution in [0.1, 0.15) is 22.3 Å². The molecule has 1 fully saturated rings. The first-order valence-electron chi connectivity index (χ1n) is 9.59. The van der Waals surface area contributed by atoms with Gasteiger partial charge in [0.1, 0.15) is 0 Å². The zero-order valence-corrected chi connectivity index (χ0v) is 20.8. The van der Waals surface area contributed by atoms with E-state index >= 15 is 0 Å². The number of halogens is 2. The van der Waals surface area contributed by atoms with Crippen molar-refractivity contribution in [3.63, 3.8) is 0 Å². The van der Waals surface area contributed by atoms with E-state index in [0.717, 1.165) is 73.1 Å². The van der Waals surface area contributed by atoms with Crippen LogP contribution in [0.2, 0.25) is 5.02 Å². The normalized spacial score (nSPS) is 16.2. The van der Waals surface area contributed by atoms with Crippen LogP contribution in [0.5, 0.6) is 0 Å². The summed E-state index contributed by atoms with van der Waals surface area (Å²) >= 11 is 8.19. The molecule has 1 aliphatic heterocycles. The second-order valence-electron chi connectivity index (χ2n) is 6.67. The Morgan fingerprint density at radius 1 is 1.31 bits per heavy atom. The molecule has 1 aromatic carbocycles. The van der Waals surface area contributed by atoms with Gasteiger partial charge in [-0.2, -0.15) is 0 Å². The molecule has 1 aliphatic rings. The molecule has 0 spiro atoms. The Morgan fingerprint density at radius 2 is 2.07 bits per heavy atom. The van der Waals surface area contributed by atoms with Crippen molar-refractivity contribution in [1.29, 1.82) is 0 Å². The lowest BCUT2D eigenvalue weighted by Gasteiger charge is -2.35. The number of aliphatic imine (C=N–C) groups is 1. The van der Waals surface area contributed by atoms with Gasteiger partial charge in [-0.15, -0.1) is 35.3 Å². The Hall–Kier alpha value is -0.940. The molecule has 9 heteroatoms. The van der Waals surface area contributed by atoms with E-state index in [4.69, 9.17) is 16.3 Å². The number of aromatic nitrogens is 1. The van der Waals surface area contributed by atoms with Gasteiger partial charge in [-0.05, 0) is 18.6 Å². The first-order valence-corrected chi connectivity index (χ1v) is 10.8. The molecule has 29 heavy (non-hydrogen) atoms. The van der Waals surface area contributed by atoms with Crippen LogP contribution < -0.4 is 10.6 Å². The van der Waals surface area contributed by atoms with Gasteiger partial charge in [0.25, 0.3) is 0 Å². The molecule has 1 aromatic heterocycles. The predicted octanol–water partition coefficient (Wildman–Crippen LogP) is 3.50. The third kappa shape index (κ3) is 7.36. The molecule has 3 rings (SSSR count). The number of benzene rings is 1. The van der Waals surface area contributed by atoms with Crippen LogP contribution in [-0.2, 0) is 11.2 Å². The van der Waals surface area contributed by atoms with E-state index in [-0.39, 0.29) is 30.0 Å². The maximum Gasteiger partial charge on any atom is 0.191 e. The van der Waals surface area contributed by atoms with Gasteiger partial charge >= 0.3 is 0 Å². The van der Waals surface area contributed by atoms with Gasteiger partial charge < -0.3 is 15.4 Å². The van der Waals surface area contributed by atoms with Crippen LogP contribution in [0.3, 0.4) is 0 Å². The number of nitrogens with one attached hydrogen (secondary N) is 2. The summed E-state index contributed by atoms with van der Waals surface area (Å²) in [6.07, 6.45) is 0.877. The monoisotopic (exact) mass is 549 g/mol. The van der Waals surface area contributed by atoms with Crippen LogP contribution >= 0.6 is 46.9 Å². The van der Waals surface area contributed by atoms with Crippen molar-refractivity contribution >= 4 is 52.9 Å². The van der Waals surface area contributed by atoms with Crippen LogP contribution in [0.15, 0.2) is 34.6 Å². The molecule has 2 aromatic rings. The van der Waals surface area contributed by atoms with Crippen LogP contribution in [0.25, 0.3) is 0 Å². The largest absolute Gasteiger partial charge is 0.379 e. The Kier molecular flexibility index (Phi) is 10.6. The first kappa shape index (κ1) is 24.3. The minimum atomic E-state index is 0. The molecule has 160 valence electrons. The number of aryl methyl sites for hydroxylation is 1. The highest BCUT2D eigenvalue weighted by molar-refractivity contribution is 14.0. The number of ether oxygens (including phenoxy) is 1. The number of hydrogen-bond acceptors (Lipinski definition) is 5. The summed E-state index contributed by atoms with van der Waals surface area (Å²) < 4.78 is 5.52. The van der Waals surface area contributed by atoms with E-state index < -0.39 is 0 Å². The smallest absolute Gasteiger partial charge is 0.191 e. The second-order valence-corrected chi connectivity index (χ2v) is 8.14. The number of thiazole rings is 1. The standard InChI is InChI=1S/C20H28ClN5OS.HI/c1-15-25-16(14-28-15)7-8-23-20(22-2)24-13-19(26-9-11-27-12-10-26)17-5-3-4-6-18(17)21;/h3-6,14,19H,7-13H2,1-2H3,(H2,22,23,24);1H. The zero-order valence-electron chi connectivity index (χ0n) is 16.9. The van der Waals surface area contributed by atoms with E-state index in [1.54, 1.807) is 18.4 Å². The summed E-state index contributed by atoms with van der Waals surface area (Å²) in [7, 11) is 1.79. The maximum atomic E-state index is 6.50. The fourth-order valence-corrected chi connectivity index (χ4v) is 4.23. The van der Waals surface area contributed by atoms with Crippen molar-refractivity contribution in [1.82, 2.24) is 20.5 Å². The molecule has 1 saturated heterocycles. The summed E-state index contributed by atoms with van der Waals surface area (Å²) in [4.78, 5) is 11.3. The Balaban J connectivity index is 0.00000300. The molecule has 2 heterocycles. The van der Waals surface area contributed by atoms with Gasteiger partial charge in [0, 0.05) is 50.1 Å². The van der Waals surface area contributed by atoms with E-state index in [0.29, 0.717) is 0 Å². The quantitative estimate of drug-likeness (QED) is 0.315. The number of rotatable bonds is 7. The average molecular weight is 550 g/mol. The van der Waals surface area contributed by atoms with Crippen LogP contribution in [0, 0.1) is 6.92 Å². The summed E-state index contributed by atoms with van der Waals surface area (Å²) in [6, 6.07) is 8.23. The van der Waals surface area contributed by atoms with E-state index in [1.165, 1.54) is 0 Å². The summed E-state index contributed by atoms with van der Waals surface area (Å²) in [5.41, 5.74) is 2.25. The van der Waals surface area contributed by atoms with Crippen LogP contribution in [0.4, 0.5) is 0 Å². The molecular weight excluding hydrogens is 521 g/mol. The molecular formula is C20H29ClIN5OS. The number of nitrogens with zero attached hydrogens (tertiary/aromatic N) is 3. The lowest BCUT2D eigenvalue weighted by molar-refractivity contribution is 0.0170. The molecule has 2 N–H and O–H groups in total. The number of guanidine groups is 1. The molecule has 0 amide bonds. The van der Waals surface area contributed by atoms with E-state index in [2.05, 4.69) is 37.0 Å². The highest BCUT2D eigenvalue weighted by atomic mass is 127. The highest BCUT2D eigenvalue weighted by Crippen LogP contribution is 2.27. The summed E-state index contributed by atoms with van der Waals surface area (Å²) in [5.74, 6) is 0.789. The van der Waals surface area contributed by atoms with Crippen molar-refractivity contribution in [3.05, 3.63) is 50.9 Å². The fraction of sp³-hybridized carbons (Fsp3) is 0.500. The lowest BCUT2D eigenvalue weighted by atomic mass is 10.0. The topological polar surface area (TPSA) is 61.8 Å². The van der Waals surface area contributed by atoms with Crippen LogP contribution in [-0.4, -0.2) is 62.3 Å². The molecule has 6 nitrogen and oxygen atoms in total. The minimum Gasteiger partial charge on any atom is -0.379 e. The molecule has 0 bridgehead atoms. The van der Waals surface area contributed by atoms with Crippen molar-refractivity contribution in [3.8, 4) is 0 Å². The van der Waals surface area contributed by atoms with Crippen molar-refractivity contribution < 1.29 is 4.74 Å². The van der Waals surface area contributed by atoms with Gasteiger partial charge in [-0.3, -0.25) is 9.89 Å². The molecule has 0 radical (unpaired) electrons. The Morgan fingerprint density at radius 3 is 2.72 bits per heavy atom. The highest BCUT2D eigenvalue weighted by Gasteiger charge is 2.24. The van der Waals surface area contributed by atoms with Crippen molar-refractivity contribution in [2.75, 3.05) is 46.4 Å². The third-order valence-electron chi connectivity index (χ3n) is 4.78. The summed E-state index contributed by atoms with van der Waals surface area (Å²) in [5, 5.41) is 10.8. The average Bonchev–Trinajstić information content (AvgIpc) is 3.14. The minimum absolute atomic E-state index is 0. The molecule has 0 aliphatic carbocycles. The van der Waals surface area contributed by atoms with Gasteiger partial charge in [0.15, 0.2) is 5.96 Å². The van der Waals surface area contributed by atoms with Gasteiger partial charge in [-0.1, -0.05) is 29.8 Å². The van der Waals surface area contributed by atoms with E-state index in [1.807, 2.05) is 25.1 Å². The van der Waals surface area contributed by atoms with Crippen molar-refractivity contribution in [2.45, 2.75) is 19.4 Å². The zero-order chi connectivity index (χ0) is 19.8. The van der Waals surface area contributed by atoms with E-state index in [9.17, 15) is 0 Å². The first-order chi connectivity index (χ1) is 13.7. The maximum absolute atomic E-state index is 6.50. The number of hydrogen-bond donors (Lipinski definition) is 2. The Bertz CT molecular complexity index is 782. The molecule has 1 unspecified atom stereocenters. The molecule has 0 saturated carbocycles. The molecule has 1 atom stereocenters. The number of morpholine rings is 1. The Labute approximate surface area is 199 Å². The third-order valence-corrected chi connectivity index (χ3v) is 5.94. The summed E-state index contributed by atoms with van der Waals surface area (Å²) in [6.45, 7) is 6.83. The fourth-order valence-electron chi connectivity index (χ4n) is 3.32. The predicted molar refractivity (Wildman–Crippen MR) is 132 cm³/mol. The van der Waals surface area contributed by atoms with Gasteiger partial charge in [0.2, 0.25) is 0 Å². The van der Waals surface area contributed by atoms with Gasteiger partial charge in [0.05, 0.1) is 30.0 Å². The SMILES string of the molecule is CN=C(NCCc1csc(C)n1)NCC(c1ccccc1Cl)N1CCOCC1.I.